The van der Waals surface area contributed by atoms with Crippen LogP contribution in [0, 0.1) is 13.8 Å². The highest BCUT2D eigenvalue weighted by molar-refractivity contribution is 7.99. The first-order valence-corrected chi connectivity index (χ1v) is 10.5. The zero-order valence-corrected chi connectivity index (χ0v) is 16.1. The Labute approximate surface area is 156 Å². The Kier molecular flexibility index (Phi) is 3.65. The van der Waals surface area contributed by atoms with Crippen molar-refractivity contribution in [2.24, 2.45) is 0 Å². The predicted molar refractivity (Wildman–Crippen MR) is 101 cm³/mol. The van der Waals surface area contributed by atoms with Gasteiger partial charge in [-0.25, -0.2) is 9.97 Å². The lowest BCUT2D eigenvalue weighted by atomic mass is 10.2. The maximum Gasteiger partial charge on any atom is 0.282 e. The van der Waals surface area contributed by atoms with Crippen LogP contribution >= 0.6 is 34.4 Å². The minimum absolute atomic E-state index is 0.457. The highest BCUT2D eigenvalue weighted by Gasteiger charge is 2.30. The van der Waals surface area contributed by atoms with E-state index in [1.54, 1.807) is 22.7 Å². The van der Waals surface area contributed by atoms with Gasteiger partial charge in [0.2, 0.25) is 5.89 Å². The average Bonchev–Trinajstić information content (AvgIpc) is 3.01. The van der Waals surface area contributed by atoms with Crippen LogP contribution in [0.2, 0.25) is 0 Å². The molecule has 0 aromatic carbocycles. The van der Waals surface area contributed by atoms with Crippen LogP contribution in [0.15, 0.2) is 32.2 Å². The fourth-order valence-corrected chi connectivity index (χ4v) is 5.25. The molecule has 0 saturated heterocycles. The van der Waals surface area contributed by atoms with Gasteiger partial charge in [-0.3, -0.25) is 0 Å². The third-order valence-electron chi connectivity index (χ3n) is 4.27. The number of hydrogen-bond acceptors (Lipinski definition) is 8. The van der Waals surface area contributed by atoms with Crippen LogP contribution in [-0.4, -0.2) is 20.2 Å². The zero-order chi connectivity index (χ0) is 17.0. The van der Waals surface area contributed by atoms with Gasteiger partial charge in [0.1, 0.15) is 9.86 Å². The molecular formula is C17H14N4OS3. The quantitative estimate of drug-likeness (QED) is 0.435. The van der Waals surface area contributed by atoms with Crippen LogP contribution in [0.1, 0.15) is 35.1 Å². The van der Waals surface area contributed by atoms with Crippen molar-refractivity contribution < 1.29 is 4.42 Å². The number of nitrogens with zero attached hydrogens (tertiary/aromatic N) is 4. The normalized spacial score (nSPS) is 14.5. The van der Waals surface area contributed by atoms with E-state index >= 15 is 0 Å². The molecule has 0 atom stereocenters. The SMILES string of the molecule is Cc1sc2nc(-c3cccs3)nc(Sc3nnc(C4CC4)o3)c2c1C. The van der Waals surface area contributed by atoms with E-state index in [0.29, 0.717) is 11.1 Å². The summed E-state index contributed by atoms with van der Waals surface area (Å²) in [6, 6.07) is 4.07. The first-order valence-electron chi connectivity index (χ1n) is 8.02. The fourth-order valence-electron chi connectivity index (χ4n) is 2.64. The predicted octanol–water partition coefficient (Wildman–Crippen LogP) is 5.45. The molecule has 4 aromatic rings. The van der Waals surface area contributed by atoms with Gasteiger partial charge in [0.05, 0.1) is 4.88 Å². The van der Waals surface area contributed by atoms with Crippen LogP contribution < -0.4 is 0 Å². The third-order valence-corrected chi connectivity index (χ3v) is 7.07. The highest BCUT2D eigenvalue weighted by atomic mass is 32.2. The average molecular weight is 387 g/mol. The number of aromatic nitrogens is 4. The molecule has 0 N–H and O–H groups in total. The van der Waals surface area contributed by atoms with E-state index in [9.17, 15) is 0 Å². The first-order chi connectivity index (χ1) is 12.2. The van der Waals surface area contributed by atoms with Crippen molar-refractivity contribution >= 4 is 44.7 Å². The Hall–Kier alpha value is -1.77. The van der Waals surface area contributed by atoms with E-state index in [-0.39, 0.29) is 0 Å². The summed E-state index contributed by atoms with van der Waals surface area (Å²) in [5.41, 5.74) is 1.22. The maximum absolute atomic E-state index is 5.82. The van der Waals surface area contributed by atoms with Crippen molar-refractivity contribution in [1.29, 1.82) is 0 Å². The second kappa shape index (κ2) is 5.89. The summed E-state index contributed by atoms with van der Waals surface area (Å²) in [6.45, 7) is 4.24. The lowest BCUT2D eigenvalue weighted by Gasteiger charge is -2.03. The van der Waals surface area contributed by atoms with Crippen molar-refractivity contribution in [2.45, 2.75) is 42.9 Å². The maximum atomic E-state index is 5.82. The van der Waals surface area contributed by atoms with Crippen LogP contribution in [-0.2, 0) is 0 Å². The molecule has 1 saturated carbocycles. The molecule has 25 heavy (non-hydrogen) atoms. The number of thiophene rings is 2. The Morgan fingerprint density at radius 2 is 2.08 bits per heavy atom. The van der Waals surface area contributed by atoms with Crippen molar-refractivity contribution in [3.05, 3.63) is 33.8 Å². The second-order valence-corrected chi connectivity index (χ2v) is 9.17. The van der Waals surface area contributed by atoms with E-state index in [1.165, 1.54) is 22.2 Å². The highest BCUT2D eigenvalue weighted by Crippen LogP contribution is 2.42. The number of rotatable bonds is 4. The molecule has 5 nitrogen and oxygen atoms in total. The van der Waals surface area contributed by atoms with Gasteiger partial charge in [-0.05, 0) is 55.5 Å². The van der Waals surface area contributed by atoms with E-state index in [2.05, 4.69) is 24.0 Å². The van der Waals surface area contributed by atoms with Crippen molar-refractivity contribution in [3.8, 4) is 10.7 Å². The van der Waals surface area contributed by atoms with E-state index < -0.39 is 0 Å². The molecule has 5 rings (SSSR count). The molecule has 1 aliphatic carbocycles. The van der Waals surface area contributed by atoms with E-state index in [4.69, 9.17) is 14.4 Å². The van der Waals surface area contributed by atoms with Crippen LogP contribution in [0.4, 0.5) is 0 Å². The van der Waals surface area contributed by atoms with Crippen LogP contribution in [0.25, 0.3) is 20.9 Å². The summed E-state index contributed by atoms with van der Waals surface area (Å²) in [4.78, 5) is 12.9. The van der Waals surface area contributed by atoms with E-state index in [1.807, 2.05) is 17.5 Å². The molecular weight excluding hydrogens is 372 g/mol. The Morgan fingerprint density at radius 3 is 2.84 bits per heavy atom. The minimum atomic E-state index is 0.457. The molecule has 0 aliphatic heterocycles. The van der Waals surface area contributed by atoms with Gasteiger partial charge in [0.25, 0.3) is 5.22 Å². The fraction of sp³-hybridized carbons (Fsp3) is 0.294. The molecule has 0 spiro atoms. The molecule has 0 bridgehead atoms. The van der Waals surface area contributed by atoms with E-state index in [0.717, 1.165) is 44.7 Å². The molecule has 0 unspecified atom stereocenters. The molecule has 1 fully saturated rings. The third kappa shape index (κ3) is 2.78. The molecule has 4 aromatic heterocycles. The van der Waals surface area contributed by atoms with Gasteiger partial charge in [-0.15, -0.1) is 32.9 Å². The Balaban J connectivity index is 1.63. The summed E-state index contributed by atoms with van der Waals surface area (Å²) in [5, 5.41) is 13.0. The summed E-state index contributed by atoms with van der Waals surface area (Å²) in [7, 11) is 0. The molecule has 0 radical (unpaired) electrons. The summed E-state index contributed by atoms with van der Waals surface area (Å²) >= 11 is 4.80. The second-order valence-electron chi connectivity index (χ2n) is 6.08. The van der Waals surface area contributed by atoms with Crippen molar-refractivity contribution in [2.75, 3.05) is 0 Å². The molecule has 8 heteroatoms. The number of aryl methyl sites for hydroxylation is 2. The van der Waals surface area contributed by atoms with Crippen LogP contribution in [0.5, 0.6) is 0 Å². The molecule has 126 valence electrons. The molecule has 0 amide bonds. The number of fused-ring (bicyclic) bond motifs is 1. The smallest absolute Gasteiger partial charge is 0.282 e. The molecule has 1 aliphatic rings. The summed E-state index contributed by atoms with van der Waals surface area (Å²) < 4.78 is 5.82. The summed E-state index contributed by atoms with van der Waals surface area (Å²) in [6.07, 6.45) is 2.30. The van der Waals surface area contributed by atoms with Crippen LogP contribution in [0.3, 0.4) is 0 Å². The Morgan fingerprint density at radius 1 is 1.20 bits per heavy atom. The van der Waals surface area contributed by atoms with Gasteiger partial charge < -0.3 is 4.42 Å². The minimum Gasteiger partial charge on any atom is -0.415 e. The van der Waals surface area contributed by atoms with Gasteiger partial charge in [0.15, 0.2) is 5.82 Å². The Bertz CT molecular complexity index is 1060. The zero-order valence-electron chi connectivity index (χ0n) is 13.6. The lowest BCUT2D eigenvalue weighted by Crippen LogP contribution is -1.91. The van der Waals surface area contributed by atoms with Crippen molar-refractivity contribution in [1.82, 2.24) is 20.2 Å². The molecule has 4 heterocycles. The number of hydrogen-bond donors (Lipinski definition) is 0. The monoisotopic (exact) mass is 386 g/mol. The largest absolute Gasteiger partial charge is 0.415 e. The first kappa shape index (κ1) is 15.5. The summed E-state index contributed by atoms with van der Waals surface area (Å²) in [5.74, 6) is 1.97. The lowest BCUT2D eigenvalue weighted by molar-refractivity contribution is 0.414. The van der Waals surface area contributed by atoms with Gasteiger partial charge in [-0.2, -0.15) is 0 Å². The topological polar surface area (TPSA) is 64.7 Å². The standard InChI is InChI=1S/C17H14N4OS3/c1-8-9(2)24-15-12(8)16(19-13(18-15)11-4-3-7-23-11)25-17-21-20-14(22-17)10-5-6-10/h3-4,7,10H,5-6H2,1-2H3. The van der Waals surface area contributed by atoms with Crippen molar-refractivity contribution in [3.63, 3.8) is 0 Å². The van der Waals surface area contributed by atoms with Gasteiger partial charge >= 0.3 is 0 Å². The van der Waals surface area contributed by atoms with Gasteiger partial charge in [-0.1, -0.05) is 6.07 Å². The van der Waals surface area contributed by atoms with Gasteiger partial charge in [0, 0.05) is 16.2 Å².